The molecular formula is C14H18N2O2. The number of nitrogens with zero attached hydrogens (tertiary/aromatic N) is 2. The van der Waals surface area contributed by atoms with Crippen molar-refractivity contribution in [2.45, 2.75) is 25.9 Å². The highest BCUT2D eigenvalue weighted by Crippen LogP contribution is 2.17. The molecule has 1 aliphatic heterocycles. The number of pyridine rings is 1. The number of hydrogen-bond acceptors (Lipinski definition) is 3. The molecule has 1 aromatic heterocycles. The molecule has 18 heavy (non-hydrogen) atoms. The van der Waals surface area contributed by atoms with E-state index in [0.29, 0.717) is 6.54 Å². The minimum atomic E-state index is 0.0699. The molecule has 0 aromatic carbocycles. The van der Waals surface area contributed by atoms with E-state index < -0.39 is 0 Å². The van der Waals surface area contributed by atoms with Crippen LogP contribution in [0, 0.1) is 0 Å². The molecule has 4 heteroatoms. The third-order valence-electron chi connectivity index (χ3n) is 2.95. The number of aromatic nitrogens is 1. The van der Waals surface area contributed by atoms with Gasteiger partial charge in [-0.15, -0.1) is 0 Å². The quantitative estimate of drug-likeness (QED) is 0.766. The zero-order chi connectivity index (χ0) is 12.8. The number of allylic oxidation sites excluding steroid dienone is 1. The van der Waals surface area contributed by atoms with Crippen molar-refractivity contribution >= 4 is 5.91 Å². The summed E-state index contributed by atoms with van der Waals surface area (Å²) in [5, 5.41) is 0. The Hall–Kier alpha value is -1.84. The molecule has 1 aromatic rings. The molecule has 1 atom stereocenters. The van der Waals surface area contributed by atoms with Gasteiger partial charge < -0.3 is 9.64 Å². The Balaban J connectivity index is 1.93. The van der Waals surface area contributed by atoms with E-state index in [0.717, 1.165) is 25.1 Å². The van der Waals surface area contributed by atoms with Gasteiger partial charge in [-0.05, 0) is 38.0 Å². The van der Waals surface area contributed by atoms with Gasteiger partial charge in [0.25, 0.3) is 0 Å². The van der Waals surface area contributed by atoms with Gasteiger partial charge in [0.05, 0.1) is 6.54 Å². The molecule has 1 unspecified atom stereocenters. The summed E-state index contributed by atoms with van der Waals surface area (Å²) in [5.74, 6) is 0.885. The van der Waals surface area contributed by atoms with Crippen molar-refractivity contribution in [3.8, 4) is 5.75 Å². The van der Waals surface area contributed by atoms with Crippen LogP contribution in [0.2, 0.25) is 0 Å². The van der Waals surface area contributed by atoms with Crippen molar-refractivity contribution in [2.24, 2.45) is 0 Å². The van der Waals surface area contributed by atoms with E-state index >= 15 is 0 Å². The fraction of sp³-hybridized carbons (Fsp3) is 0.429. The Kier molecular flexibility index (Phi) is 4.34. The third-order valence-corrected chi connectivity index (χ3v) is 2.95. The molecule has 0 aliphatic carbocycles. The third kappa shape index (κ3) is 3.32. The molecule has 1 fully saturated rings. The lowest BCUT2D eigenvalue weighted by Gasteiger charge is -2.32. The second kappa shape index (κ2) is 6.19. The van der Waals surface area contributed by atoms with Crippen LogP contribution in [-0.2, 0) is 4.79 Å². The van der Waals surface area contributed by atoms with Gasteiger partial charge in [0, 0.05) is 18.9 Å². The van der Waals surface area contributed by atoms with Crippen LogP contribution in [-0.4, -0.2) is 35.0 Å². The van der Waals surface area contributed by atoms with Gasteiger partial charge in [0.15, 0.2) is 0 Å². The first-order valence-corrected chi connectivity index (χ1v) is 6.28. The average molecular weight is 246 g/mol. The van der Waals surface area contributed by atoms with Gasteiger partial charge in [-0.1, -0.05) is 6.08 Å². The number of carbonyl (C=O) groups excluding carboxylic acids is 1. The molecular weight excluding hydrogens is 228 g/mol. The van der Waals surface area contributed by atoms with Crippen molar-refractivity contribution < 1.29 is 9.53 Å². The predicted molar refractivity (Wildman–Crippen MR) is 69.3 cm³/mol. The van der Waals surface area contributed by atoms with Crippen molar-refractivity contribution in [1.29, 1.82) is 0 Å². The van der Waals surface area contributed by atoms with E-state index in [4.69, 9.17) is 4.74 Å². The first kappa shape index (κ1) is 12.6. The monoisotopic (exact) mass is 246 g/mol. The van der Waals surface area contributed by atoms with Gasteiger partial charge in [0.1, 0.15) is 11.9 Å². The minimum absolute atomic E-state index is 0.0699. The van der Waals surface area contributed by atoms with Crippen LogP contribution in [0.15, 0.2) is 36.7 Å². The Morgan fingerprint density at radius 3 is 3.00 bits per heavy atom. The van der Waals surface area contributed by atoms with Crippen molar-refractivity contribution in [3.05, 3.63) is 36.7 Å². The average Bonchev–Trinajstić information content (AvgIpc) is 2.40. The van der Waals surface area contributed by atoms with E-state index in [1.165, 1.54) is 0 Å². The maximum Gasteiger partial charge on any atom is 0.246 e. The highest BCUT2D eigenvalue weighted by Gasteiger charge is 2.23. The molecule has 0 bridgehead atoms. The number of rotatable bonds is 3. The van der Waals surface area contributed by atoms with Gasteiger partial charge >= 0.3 is 0 Å². The summed E-state index contributed by atoms with van der Waals surface area (Å²) in [6.45, 7) is 3.33. The summed E-state index contributed by atoms with van der Waals surface area (Å²) in [4.78, 5) is 17.6. The Morgan fingerprint density at radius 2 is 2.28 bits per heavy atom. The van der Waals surface area contributed by atoms with Crippen LogP contribution in [0.5, 0.6) is 5.75 Å². The summed E-state index contributed by atoms with van der Waals surface area (Å²) in [6, 6.07) is 3.68. The van der Waals surface area contributed by atoms with E-state index in [-0.39, 0.29) is 12.0 Å². The molecule has 4 nitrogen and oxygen atoms in total. The number of piperidine rings is 1. The maximum atomic E-state index is 11.8. The Morgan fingerprint density at radius 1 is 1.50 bits per heavy atom. The van der Waals surface area contributed by atoms with Crippen LogP contribution in [0.25, 0.3) is 0 Å². The van der Waals surface area contributed by atoms with Crippen molar-refractivity contribution in [2.75, 3.05) is 13.1 Å². The van der Waals surface area contributed by atoms with Crippen molar-refractivity contribution in [3.63, 3.8) is 0 Å². The van der Waals surface area contributed by atoms with Crippen molar-refractivity contribution in [1.82, 2.24) is 9.88 Å². The first-order valence-electron chi connectivity index (χ1n) is 6.28. The fourth-order valence-electron chi connectivity index (χ4n) is 2.09. The molecule has 0 saturated carbocycles. The van der Waals surface area contributed by atoms with Gasteiger partial charge in [-0.3, -0.25) is 9.78 Å². The maximum absolute atomic E-state index is 11.8. The predicted octanol–water partition coefficient (Wildman–Crippen LogP) is 2.03. The summed E-state index contributed by atoms with van der Waals surface area (Å²) in [7, 11) is 0. The van der Waals surface area contributed by atoms with Gasteiger partial charge in [-0.2, -0.15) is 0 Å². The largest absolute Gasteiger partial charge is 0.488 e. The summed E-state index contributed by atoms with van der Waals surface area (Å²) >= 11 is 0. The second-order valence-electron chi connectivity index (χ2n) is 4.35. The lowest BCUT2D eigenvalue weighted by atomic mass is 10.1. The van der Waals surface area contributed by atoms with Gasteiger partial charge in [-0.25, -0.2) is 0 Å². The molecule has 0 radical (unpaired) electrons. The molecule has 1 saturated heterocycles. The van der Waals surface area contributed by atoms with E-state index in [1.807, 2.05) is 24.0 Å². The minimum Gasteiger partial charge on any atom is -0.488 e. The first-order chi connectivity index (χ1) is 8.79. The Labute approximate surface area is 107 Å². The molecule has 1 aliphatic rings. The summed E-state index contributed by atoms with van der Waals surface area (Å²) in [6.07, 6.45) is 8.85. The number of carbonyl (C=O) groups is 1. The van der Waals surface area contributed by atoms with Gasteiger partial charge in [0.2, 0.25) is 5.91 Å². The van der Waals surface area contributed by atoms with E-state index in [2.05, 4.69) is 4.98 Å². The molecule has 1 amide bonds. The SMILES string of the molecule is C/C=C/C(=O)N1CCCC(Oc2ccncc2)C1. The standard InChI is InChI=1S/C14H18N2O2/c1-2-4-14(17)16-10-3-5-13(11-16)18-12-6-8-15-9-7-12/h2,4,6-9,13H,3,5,10-11H2,1H3/b4-2+. The molecule has 0 spiro atoms. The second-order valence-corrected chi connectivity index (χ2v) is 4.35. The number of ether oxygens (including phenoxy) is 1. The summed E-state index contributed by atoms with van der Waals surface area (Å²) in [5.41, 5.74) is 0. The topological polar surface area (TPSA) is 42.4 Å². The van der Waals surface area contributed by atoms with Crippen LogP contribution in [0.1, 0.15) is 19.8 Å². The fourth-order valence-corrected chi connectivity index (χ4v) is 2.09. The Bertz CT molecular complexity index is 417. The summed E-state index contributed by atoms with van der Waals surface area (Å²) < 4.78 is 5.86. The number of hydrogen-bond donors (Lipinski definition) is 0. The molecule has 2 heterocycles. The highest BCUT2D eigenvalue weighted by molar-refractivity contribution is 5.87. The van der Waals surface area contributed by atoms with Crippen LogP contribution in [0.4, 0.5) is 0 Å². The van der Waals surface area contributed by atoms with E-state index in [1.54, 1.807) is 24.5 Å². The normalized spacial score (nSPS) is 20.1. The van der Waals surface area contributed by atoms with Crippen LogP contribution >= 0.6 is 0 Å². The highest BCUT2D eigenvalue weighted by atomic mass is 16.5. The van der Waals surface area contributed by atoms with E-state index in [9.17, 15) is 4.79 Å². The molecule has 2 rings (SSSR count). The molecule has 96 valence electrons. The zero-order valence-electron chi connectivity index (χ0n) is 10.6. The number of amides is 1. The smallest absolute Gasteiger partial charge is 0.246 e. The lowest BCUT2D eigenvalue weighted by Crippen LogP contribution is -2.43. The molecule has 0 N–H and O–H groups in total. The number of likely N-dealkylation sites (tertiary alicyclic amines) is 1. The van der Waals surface area contributed by atoms with Crippen LogP contribution < -0.4 is 4.74 Å². The lowest BCUT2D eigenvalue weighted by molar-refractivity contribution is -0.128. The van der Waals surface area contributed by atoms with Crippen LogP contribution in [0.3, 0.4) is 0 Å². The zero-order valence-corrected chi connectivity index (χ0v) is 10.6.